The lowest BCUT2D eigenvalue weighted by Gasteiger charge is -2.32. The smallest absolute Gasteiger partial charge is 0.393 e. The number of rotatable bonds is 2. The Morgan fingerprint density at radius 2 is 1.90 bits per heavy atom. The van der Waals surface area contributed by atoms with Crippen LogP contribution in [-0.2, 0) is 6.18 Å². The van der Waals surface area contributed by atoms with E-state index in [1.807, 2.05) is 4.90 Å². The van der Waals surface area contributed by atoms with Crippen LogP contribution < -0.4 is 10.6 Å². The van der Waals surface area contributed by atoms with Crippen molar-refractivity contribution in [2.75, 3.05) is 18.0 Å². The van der Waals surface area contributed by atoms with Crippen LogP contribution >= 0.6 is 12.2 Å². The molecule has 1 saturated heterocycles. The van der Waals surface area contributed by atoms with E-state index in [0.717, 1.165) is 6.07 Å². The summed E-state index contributed by atoms with van der Waals surface area (Å²) in [4.78, 5) is 1.66. The van der Waals surface area contributed by atoms with Gasteiger partial charge in [0.1, 0.15) is 4.99 Å². The molecule has 3 N–H and O–H groups in total. The van der Waals surface area contributed by atoms with Gasteiger partial charge in [0, 0.05) is 24.3 Å². The molecule has 0 bridgehead atoms. The first-order valence-corrected chi connectivity index (χ1v) is 6.64. The number of nitrogens with two attached hydrogens (primary N) is 1. The summed E-state index contributed by atoms with van der Waals surface area (Å²) < 4.78 is 38.6. The lowest BCUT2D eigenvalue weighted by molar-refractivity contribution is -0.137. The van der Waals surface area contributed by atoms with E-state index in [-0.39, 0.29) is 16.7 Å². The zero-order valence-corrected chi connectivity index (χ0v) is 11.5. The molecular weight excluding hydrogens is 289 g/mol. The average molecular weight is 304 g/mol. The predicted octanol–water partition coefficient (Wildman–Crippen LogP) is 2.30. The first kappa shape index (κ1) is 15.1. The number of halogens is 3. The van der Waals surface area contributed by atoms with Crippen LogP contribution in [0.1, 0.15) is 24.0 Å². The molecule has 3 nitrogen and oxygen atoms in total. The van der Waals surface area contributed by atoms with Crippen LogP contribution in [0.5, 0.6) is 0 Å². The predicted molar refractivity (Wildman–Crippen MR) is 74.8 cm³/mol. The van der Waals surface area contributed by atoms with Gasteiger partial charge in [0.25, 0.3) is 0 Å². The summed E-state index contributed by atoms with van der Waals surface area (Å²) in [7, 11) is 0. The fourth-order valence-electron chi connectivity index (χ4n) is 2.30. The van der Waals surface area contributed by atoms with Crippen LogP contribution in [0, 0.1) is 0 Å². The Morgan fingerprint density at radius 1 is 1.30 bits per heavy atom. The van der Waals surface area contributed by atoms with Crippen molar-refractivity contribution in [2.45, 2.75) is 25.1 Å². The molecule has 110 valence electrons. The van der Waals surface area contributed by atoms with Gasteiger partial charge in [-0.3, -0.25) is 0 Å². The first-order chi connectivity index (χ1) is 9.29. The number of thiocarbonyl (C=S) groups is 1. The lowest BCUT2D eigenvalue weighted by atomic mass is 10.0. The van der Waals surface area contributed by atoms with E-state index in [0.29, 0.717) is 31.6 Å². The molecule has 0 amide bonds. The van der Waals surface area contributed by atoms with Crippen molar-refractivity contribution in [1.29, 1.82) is 0 Å². The van der Waals surface area contributed by atoms with E-state index < -0.39 is 11.7 Å². The van der Waals surface area contributed by atoms with E-state index in [1.165, 1.54) is 12.1 Å². The first-order valence-electron chi connectivity index (χ1n) is 6.23. The van der Waals surface area contributed by atoms with E-state index in [4.69, 9.17) is 18.0 Å². The van der Waals surface area contributed by atoms with Crippen molar-refractivity contribution in [3.63, 3.8) is 0 Å². The van der Waals surface area contributed by atoms with Crippen molar-refractivity contribution in [2.24, 2.45) is 5.73 Å². The summed E-state index contributed by atoms with van der Waals surface area (Å²) in [6, 6.07) is 3.81. The topological polar surface area (TPSA) is 49.5 Å². The highest BCUT2D eigenvalue weighted by molar-refractivity contribution is 7.80. The van der Waals surface area contributed by atoms with E-state index in [2.05, 4.69) is 0 Å². The van der Waals surface area contributed by atoms with Gasteiger partial charge >= 0.3 is 6.18 Å². The van der Waals surface area contributed by atoms with Crippen molar-refractivity contribution >= 4 is 22.9 Å². The fourth-order valence-corrected chi connectivity index (χ4v) is 2.47. The Morgan fingerprint density at radius 3 is 2.40 bits per heavy atom. The number of benzene rings is 1. The molecule has 0 radical (unpaired) electrons. The second kappa shape index (κ2) is 5.57. The maximum absolute atomic E-state index is 12.9. The number of aliphatic hydroxyl groups excluding tert-OH is 1. The molecule has 0 atom stereocenters. The SMILES string of the molecule is NC(=S)c1cc(N2CCC(O)CC2)ccc1C(F)(F)F. The molecule has 1 aliphatic heterocycles. The summed E-state index contributed by atoms with van der Waals surface area (Å²) in [5.74, 6) is 0. The Bertz CT molecular complexity index is 511. The maximum Gasteiger partial charge on any atom is 0.417 e. The van der Waals surface area contributed by atoms with Gasteiger partial charge in [0.15, 0.2) is 0 Å². The summed E-state index contributed by atoms with van der Waals surface area (Å²) in [6.45, 7) is 1.20. The Balaban J connectivity index is 2.33. The third kappa shape index (κ3) is 3.21. The number of anilines is 1. The van der Waals surface area contributed by atoms with Crippen molar-refractivity contribution in [3.05, 3.63) is 29.3 Å². The third-order valence-electron chi connectivity index (χ3n) is 3.40. The molecule has 20 heavy (non-hydrogen) atoms. The quantitative estimate of drug-likeness (QED) is 0.823. The highest BCUT2D eigenvalue weighted by Gasteiger charge is 2.34. The van der Waals surface area contributed by atoms with Crippen LogP contribution in [0.15, 0.2) is 18.2 Å². The van der Waals surface area contributed by atoms with E-state index in [1.54, 1.807) is 0 Å². The molecule has 1 fully saturated rings. The average Bonchev–Trinajstić information content (AvgIpc) is 2.37. The van der Waals surface area contributed by atoms with Gasteiger partial charge in [-0.25, -0.2) is 0 Å². The Kier molecular flexibility index (Phi) is 4.19. The molecule has 7 heteroatoms. The van der Waals surface area contributed by atoms with Crippen molar-refractivity contribution in [3.8, 4) is 0 Å². The number of nitrogens with zero attached hydrogens (tertiary/aromatic N) is 1. The molecule has 0 aromatic heterocycles. The molecule has 0 aliphatic carbocycles. The Labute approximate surface area is 120 Å². The Hall–Kier alpha value is -1.34. The summed E-state index contributed by atoms with van der Waals surface area (Å²) in [5, 5.41) is 9.45. The molecule has 0 unspecified atom stereocenters. The number of hydrogen-bond acceptors (Lipinski definition) is 3. The number of hydrogen-bond donors (Lipinski definition) is 2. The number of piperidine rings is 1. The summed E-state index contributed by atoms with van der Waals surface area (Å²) >= 11 is 4.72. The van der Waals surface area contributed by atoms with Crippen LogP contribution in [-0.4, -0.2) is 29.3 Å². The van der Waals surface area contributed by atoms with Crippen LogP contribution in [0.25, 0.3) is 0 Å². The van der Waals surface area contributed by atoms with Gasteiger partial charge in [-0.05, 0) is 31.0 Å². The molecule has 1 aromatic rings. The summed E-state index contributed by atoms with van der Waals surface area (Å²) in [5.41, 5.74) is 5.08. The van der Waals surface area contributed by atoms with Crippen LogP contribution in [0.4, 0.5) is 18.9 Å². The van der Waals surface area contributed by atoms with Gasteiger partial charge in [-0.2, -0.15) is 13.2 Å². The normalized spacial score (nSPS) is 17.3. The van der Waals surface area contributed by atoms with Gasteiger partial charge in [0.2, 0.25) is 0 Å². The lowest BCUT2D eigenvalue weighted by Crippen LogP contribution is -2.36. The van der Waals surface area contributed by atoms with E-state index >= 15 is 0 Å². The standard InChI is InChI=1S/C13H15F3N2OS/c14-13(15,16)11-2-1-8(7-10(11)12(17)20)18-5-3-9(19)4-6-18/h1-2,7,9,19H,3-6H2,(H2,17,20). The van der Waals surface area contributed by atoms with Gasteiger partial charge in [0.05, 0.1) is 11.7 Å². The highest BCUT2D eigenvalue weighted by atomic mass is 32.1. The highest BCUT2D eigenvalue weighted by Crippen LogP contribution is 2.34. The van der Waals surface area contributed by atoms with Gasteiger partial charge < -0.3 is 15.7 Å². The molecular formula is C13H15F3N2OS. The zero-order chi connectivity index (χ0) is 14.9. The largest absolute Gasteiger partial charge is 0.417 e. The number of aliphatic hydroxyl groups is 1. The monoisotopic (exact) mass is 304 g/mol. The second-order valence-electron chi connectivity index (χ2n) is 4.81. The molecule has 1 heterocycles. The van der Waals surface area contributed by atoms with Gasteiger partial charge in [-0.1, -0.05) is 12.2 Å². The second-order valence-corrected chi connectivity index (χ2v) is 5.25. The molecule has 2 rings (SSSR count). The zero-order valence-electron chi connectivity index (χ0n) is 10.7. The van der Waals surface area contributed by atoms with Crippen molar-refractivity contribution < 1.29 is 18.3 Å². The number of alkyl halides is 3. The summed E-state index contributed by atoms with van der Waals surface area (Å²) in [6.07, 6.45) is -3.61. The minimum atomic E-state index is -4.48. The van der Waals surface area contributed by atoms with Crippen LogP contribution in [0.2, 0.25) is 0 Å². The minimum Gasteiger partial charge on any atom is -0.393 e. The maximum atomic E-state index is 12.9. The van der Waals surface area contributed by atoms with Crippen LogP contribution in [0.3, 0.4) is 0 Å². The molecule has 1 aromatic carbocycles. The van der Waals surface area contributed by atoms with Crippen molar-refractivity contribution in [1.82, 2.24) is 0 Å². The van der Waals surface area contributed by atoms with E-state index in [9.17, 15) is 18.3 Å². The van der Waals surface area contributed by atoms with Gasteiger partial charge in [-0.15, -0.1) is 0 Å². The molecule has 0 spiro atoms. The third-order valence-corrected chi connectivity index (χ3v) is 3.62. The molecule has 0 saturated carbocycles. The fraction of sp³-hybridized carbons (Fsp3) is 0.462. The molecule has 1 aliphatic rings. The minimum absolute atomic E-state index is 0.156.